The van der Waals surface area contributed by atoms with E-state index in [1.165, 1.54) is 6.42 Å². The maximum absolute atomic E-state index is 10.7. The predicted molar refractivity (Wildman–Crippen MR) is 61.7 cm³/mol. The number of rotatable bonds is 4. The first-order chi connectivity index (χ1) is 7.15. The zero-order chi connectivity index (χ0) is 11.3. The van der Waals surface area contributed by atoms with E-state index < -0.39 is 5.97 Å². The van der Waals surface area contributed by atoms with Gasteiger partial charge in [-0.1, -0.05) is 31.1 Å². The van der Waals surface area contributed by atoms with Gasteiger partial charge in [0, 0.05) is 0 Å². The monoisotopic (exact) mass is 208 g/mol. The summed E-state index contributed by atoms with van der Waals surface area (Å²) < 4.78 is 0. The molecule has 1 aliphatic rings. The van der Waals surface area contributed by atoms with Crippen LogP contribution in [0.15, 0.2) is 24.8 Å². The largest absolute Gasteiger partial charge is 0.481 e. The minimum absolute atomic E-state index is 0.176. The van der Waals surface area contributed by atoms with E-state index >= 15 is 0 Å². The molecule has 2 unspecified atom stereocenters. The Morgan fingerprint density at radius 3 is 2.53 bits per heavy atom. The number of hydrogen-bond donors (Lipinski definition) is 1. The molecule has 1 N–H and O–H groups in total. The van der Waals surface area contributed by atoms with E-state index in [1.54, 1.807) is 0 Å². The molecule has 2 atom stereocenters. The molecule has 15 heavy (non-hydrogen) atoms. The van der Waals surface area contributed by atoms with Crippen LogP contribution < -0.4 is 0 Å². The minimum Gasteiger partial charge on any atom is -0.481 e. The van der Waals surface area contributed by atoms with Crippen molar-refractivity contribution >= 4 is 5.97 Å². The summed E-state index contributed by atoms with van der Waals surface area (Å²) in [5.41, 5.74) is 1.13. The van der Waals surface area contributed by atoms with Gasteiger partial charge in [0.2, 0.25) is 0 Å². The van der Waals surface area contributed by atoms with Gasteiger partial charge < -0.3 is 5.11 Å². The molecule has 0 aromatic carbocycles. The van der Waals surface area contributed by atoms with Crippen molar-refractivity contribution in [2.24, 2.45) is 11.8 Å². The van der Waals surface area contributed by atoms with E-state index in [1.807, 2.05) is 6.08 Å². The Kier molecular flexibility index (Phi) is 4.60. The second kappa shape index (κ2) is 5.74. The predicted octanol–water partition coefficient (Wildman–Crippen LogP) is 3.40. The third-order valence-electron chi connectivity index (χ3n) is 3.28. The molecular weight excluding hydrogens is 188 g/mol. The number of carboxylic acids is 1. The molecule has 0 aromatic rings. The molecule has 0 saturated heterocycles. The van der Waals surface area contributed by atoms with Crippen LogP contribution in [0.5, 0.6) is 0 Å². The quantitative estimate of drug-likeness (QED) is 0.568. The van der Waals surface area contributed by atoms with Crippen LogP contribution in [-0.4, -0.2) is 11.1 Å². The van der Waals surface area contributed by atoms with Gasteiger partial charge in [0.05, 0.1) is 6.42 Å². The van der Waals surface area contributed by atoms with Gasteiger partial charge in [-0.15, -0.1) is 6.58 Å². The van der Waals surface area contributed by atoms with E-state index in [4.69, 9.17) is 5.11 Å². The third-order valence-corrected chi connectivity index (χ3v) is 3.28. The van der Waals surface area contributed by atoms with Crippen molar-refractivity contribution in [1.29, 1.82) is 0 Å². The standard InChI is InChI=1S/C13H20O2/c1-3-6-11-7-4-5-8-12(10(11)2)9-13(14)15/h3,11-12H,1-2,4-9H2,(H,14,15). The Labute approximate surface area is 91.7 Å². The average Bonchev–Trinajstić information content (AvgIpc) is 2.33. The van der Waals surface area contributed by atoms with Crippen LogP contribution >= 0.6 is 0 Å². The zero-order valence-electron chi connectivity index (χ0n) is 9.24. The number of hydrogen-bond acceptors (Lipinski definition) is 1. The topological polar surface area (TPSA) is 37.3 Å². The summed E-state index contributed by atoms with van der Waals surface area (Å²) in [6.07, 6.45) is 7.54. The van der Waals surface area contributed by atoms with E-state index in [0.717, 1.165) is 31.3 Å². The average molecular weight is 208 g/mol. The van der Waals surface area contributed by atoms with Crippen LogP contribution in [0.1, 0.15) is 38.5 Å². The zero-order valence-corrected chi connectivity index (χ0v) is 9.24. The summed E-state index contributed by atoms with van der Waals surface area (Å²) in [7, 11) is 0. The van der Waals surface area contributed by atoms with Crippen LogP contribution in [-0.2, 0) is 4.79 Å². The lowest BCUT2D eigenvalue weighted by atomic mass is 9.84. The molecule has 0 radical (unpaired) electrons. The van der Waals surface area contributed by atoms with Crippen molar-refractivity contribution in [3.05, 3.63) is 24.8 Å². The van der Waals surface area contributed by atoms with Gasteiger partial charge in [-0.05, 0) is 31.1 Å². The molecule has 0 heterocycles. The second-order valence-corrected chi connectivity index (χ2v) is 4.38. The third kappa shape index (κ3) is 3.54. The number of carbonyl (C=O) groups is 1. The highest BCUT2D eigenvalue weighted by atomic mass is 16.4. The molecule has 2 nitrogen and oxygen atoms in total. The number of aliphatic carboxylic acids is 1. The van der Waals surface area contributed by atoms with Gasteiger partial charge in [-0.2, -0.15) is 0 Å². The lowest BCUT2D eigenvalue weighted by Gasteiger charge is -2.21. The summed E-state index contributed by atoms with van der Waals surface area (Å²) >= 11 is 0. The van der Waals surface area contributed by atoms with Crippen LogP contribution in [0.25, 0.3) is 0 Å². The fourth-order valence-electron chi connectivity index (χ4n) is 2.40. The van der Waals surface area contributed by atoms with Crippen molar-refractivity contribution in [3.63, 3.8) is 0 Å². The van der Waals surface area contributed by atoms with Crippen molar-refractivity contribution in [1.82, 2.24) is 0 Å². The normalized spacial score (nSPS) is 27.1. The lowest BCUT2D eigenvalue weighted by Crippen LogP contribution is -2.13. The Bertz CT molecular complexity index is 255. The Morgan fingerprint density at radius 2 is 2.00 bits per heavy atom. The molecular formula is C13H20O2. The highest BCUT2D eigenvalue weighted by Gasteiger charge is 2.24. The molecule has 0 spiro atoms. The molecule has 0 aliphatic heterocycles. The minimum atomic E-state index is -0.708. The van der Waals surface area contributed by atoms with E-state index in [9.17, 15) is 4.79 Å². The van der Waals surface area contributed by atoms with Gasteiger partial charge >= 0.3 is 5.97 Å². The van der Waals surface area contributed by atoms with Gasteiger partial charge in [-0.25, -0.2) is 0 Å². The van der Waals surface area contributed by atoms with Gasteiger partial charge in [-0.3, -0.25) is 4.79 Å². The van der Waals surface area contributed by atoms with Crippen molar-refractivity contribution in [2.75, 3.05) is 0 Å². The molecule has 1 saturated carbocycles. The summed E-state index contributed by atoms with van der Waals surface area (Å²) in [6, 6.07) is 0. The molecule has 0 bridgehead atoms. The van der Waals surface area contributed by atoms with Gasteiger partial charge in [0.25, 0.3) is 0 Å². The SMILES string of the molecule is C=CCC1CCCCC(CC(=O)O)C1=C. The van der Waals surface area contributed by atoms with Crippen LogP contribution in [0.3, 0.4) is 0 Å². The molecule has 84 valence electrons. The maximum Gasteiger partial charge on any atom is 0.303 e. The molecule has 0 amide bonds. The van der Waals surface area contributed by atoms with Crippen molar-refractivity contribution in [3.8, 4) is 0 Å². The summed E-state index contributed by atoms with van der Waals surface area (Å²) in [5.74, 6) is -0.0790. The number of allylic oxidation sites excluding steroid dienone is 2. The Balaban J connectivity index is 2.65. The van der Waals surface area contributed by atoms with Crippen molar-refractivity contribution in [2.45, 2.75) is 38.5 Å². The summed E-state index contributed by atoms with van der Waals surface area (Å²) in [5, 5.41) is 8.83. The molecule has 1 fully saturated rings. The fraction of sp³-hybridized carbons (Fsp3) is 0.615. The van der Waals surface area contributed by atoms with Gasteiger partial charge in [0.15, 0.2) is 0 Å². The second-order valence-electron chi connectivity index (χ2n) is 4.38. The molecule has 0 aromatic heterocycles. The van der Waals surface area contributed by atoms with Crippen LogP contribution in [0, 0.1) is 11.8 Å². The molecule has 2 heteroatoms. The van der Waals surface area contributed by atoms with Crippen molar-refractivity contribution < 1.29 is 9.90 Å². The first kappa shape index (κ1) is 12.0. The summed E-state index contributed by atoms with van der Waals surface area (Å²) in [6.45, 7) is 7.85. The highest BCUT2D eigenvalue weighted by Crippen LogP contribution is 2.35. The molecule has 1 rings (SSSR count). The van der Waals surface area contributed by atoms with Gasteiger partial charge in [0.1, 0.15) is 0 Å². The van der Waals surface area contributed by atoms with E-state index in [2.05, 4.69) is 13.2 Å². The highest BCUT2D eigenvalue weighted by molar-refractivity contribution is 5.67. The van der Waals surface area contributed by atoms with E-state index in [0.29, 0.717) is 5.92 Å². The lowest BCUT2D eigenvalue weighted by molar-refractivity contribution is -0.137. The van der Waals surface area contributed by atoms with E-state index in [-0.39, 0.29) is 12.3 Å². The molecule has 1 aliphatic carbocycles. The smallest absolute Gasteiger partial charge is 0.303 e. The fourth-order valence-corrected chi connectivity index (χ4v) is 2.40. The first-order valence-corrected chi connectivity index (χ1v) is 5.66. The number of carboxylic acid groups (broad SMARTS) is 1. The first-order valence-electron chi connectivity index (χ1n) is 5.66. The Morgan fingerprint density at radius 1 is 1.40 bits per heavy atom. The summed E-state index contributed by atoms with van der Waals surface area (Å²) in [4.78, 5) is 10.7. The van der Waals surface area contributed by atoms with Crippen LogP contribution in [0.4, 0.5) is 0 Å². The Hall–Kier alpha value is -1.05. The van der Waals surface area contributed by atoms with Crippen LogP contribution in [0.2, 0.25) is 0 Å². The maximum atomic E-state index is 10.7.